The van der Waals surface area contributed by atoms with E-state index in [1.807, 2.05) is 18.2 Å². The summed E-state index contributed by atoms with van der Waals surface area (Å²) in [6.07, 6.45) is 1.74. The lowest BCUT2D eigenvalue weighted by Crippen LogP contribution is -2.26. The van der Waals surface area contributed by atoms with Crippen LogP contribution in [0.2, 0.25) is 0 Å². The topological polar surface area (TPSA) is 85.4 Å². The Bertz CT molecular complexity index is 1070. The molecule has 0 saturated heterocycles. The van der Waals surface area contributed by atoms with Crippen LogP contribution in [0.3, 0.4) is 0 Å². The normalized spacial score (nSPS) is 11.1. The van der Waals surface area contributed by atoms with E-state index in [0.717, 1.165) is 4.47 Å². The molecule has 1 heterocycles. The molecule has 6 nitrogen and oxygen atoms in total. The van der Waals surface area contributed by atoms with Crippen LogP contribution in [0.25, 0.3) is 0 Å². The third-order valence-electron chi connectivity index (χ3n) is 3.99. The van der Waals surface area contributed by atoms with Crippen LogP contribution in [0, 0.1) is 0 Å². The maximum Gasteiger partial charge on any atom is 0.252 e. The van der Waals surface area contributed by atoms with Gasteiger partial charge in [0.15, 0.2) is 9.84 Å². The molecule has 0 aliphatic carbocycles. The Morgan fingerprint density at radius 3 is 2.52 bits per heavy atom. The molecule has 1 N–H and O–H groups in total. The molecule has 0 bridgehead atoms. The minimum atomic E-state index is -3.34. The monoisotopic (exact) mass is 474 g/mol. The van der Waals surface area contributed by atoms with Crippen LogP contribution in [0.15, 0.2) is 82.3 Å². The first kappa shape index (κ1) is 21.0. The zero-order valence-corrected chi connectivity index (χ0v) is 17.8. The summed E-state index contributed by atoms with van der Waals surface area (Å²) < 4.78 is 31.0. The van der Waals surface area contributed by atoms with Gasteiger partial charge in [-0.1, -0.05) is 40.2 Å². The van der Waals surface area contributed by atoms with E-state index in [2.05, 4.69) is 26.2 Å². The molecule has 1 aromatic heterocycles. The SMILES string of the molecule is O=C(NCCCS(=O)(=O)c1ccccc1)c1ccc(Oc2cccc(Br)c2)nc1. The fourth-order valence-corrected chi connectivity index (χ4v) is 4.25. The number of amides is 1. The number of nitrogens with one attached hydrogen (secondary N) is 1. The molecular formula is C21H19BrN2O4S. The van der Waals surface area contributed by atoms with Gasteiger partial charge in [-0.2, -0.15) is 0 Å². The van der Waals surface area contributed by atoms with E-state index in [0.29, 0.717) is 23.6 Å². The minimum absolute atomic E-state index is 0.0328. The minimum Gasteiger partial charge on any atom is -0.439 e. The first-order chi connectivity index (χ1) is 13.9. The van der Waals surface area contributed by atoms with Gasteiger partial charge in [0, 0.05) is 23.3 Å². The number of benzene rings is 2. The Labute approximate surface area is 178 Å². The second kappa shape index (κ2) is 9.67. The predicted molar refractivity (Wildman–Crippen MR) is 114 cm³/mol. The van der Waals surface area contributed by atoms with Crippen molar-refractivity contribution in [3.8, 4) is 11.6 Å². The number of rotatable bonds is 8. The number of carbonyl (C=O) groups excluding carboxylic acids is 1. The van der Waals surface area contributed by atoms with Gasteiger partial charge in [0.2, 0.25) is 5.88 Å². The zero-order chi connectivity index (χ0) is 20.7. The maximum absolute atomic E-state index is 12.2. The lowest BCUT2D eigenvalue weighted by Gasteiger charge is -2.08. The van der Waals surface area contributed by atoms with Crippen LogP contribution < -0.4 is 10.1 Å². The van der Waals surface area contributed by atoms with Gasteiger partial charge in [-0.3, -0.25) is 4.79 Å². The van der Waals surface area contributed by atoms with Gasteiger partial charge < -0.3 is 10.1 Å². The van der Waals surface area contributed by atoms with Gasteiger partial charge in [-0.05, 0) is 42.8 Å². The van der Waals surface area contributed by atoms with Crippen LogP contribution >= 0.6 is 15.9 Å². The Balaban J connectivity index is 1.48. The number of hydrogen-bond acceptors (Lipinski definition) is 5. The Morgan fingerprint density at radius 2 is 1.83 bits per heavy atom. The van der Waals surface area contributed by atoms with Gasteiger partial charge >= 0.3 is 0 Å². The Morgan fingerprint density at radius 1 is 1.03 bits per heavy atom. The number of pyridine rings is 1. The summed E-state index contributed by atoms with van der Waals surface area (Å²) >= 11 is 3.37. The van der Waals surface area contributed by atoms with Crippen molar-refractivity contribution >= 4 is 31.7 Å². The van der Waals surface area contributed by atoms with Gasteiger partial charge in [0.25, 0.3) is 5.91 Å². The molecule has 29 heavy (non-hydrogen) atoms. The highest BCUT2D eigenvalue weighted by molar-refractivity contribution is 9.10. The van der Waals surface area contributed by atoms with Crippen molar-refractivity contribution in [3.05, 3.63) is 83.0 Å². The number of sulfone groups is 1. The van der Waals surface area contributed by atoms with E-state index < -0.39 is 9.84 Å². The molecule has 150 valence electrons. The van der Waals surface area contributed by atoms with Crippen molar-refractivity contribution in [1.82, 2.24) is 10.3 Å². The van der Waals surface area contributed by atoms with E-state index in [4.69, 9.17) is 4.74 Å². The zero-order valence-electron chi connectivity index (χ0n) is 15.4. The van der Waals surface area contributed by atoms with E-state index in [1.165, 1.54) is 6.20 Å². The summed E-state index contributed by atoms with van der Waals surface area (Å²) in [4.78, 5) is 16.6. The van der Waals surface area contributed by atoms with E-state index in [9.17, 15) is 13.2 Å². The van der Waals surface area contributed by atoms with Crippen molar-refractivity contribution in [1.29, 1.82) is 0 Å². The summed E-state index contributed by atoms with van der Waals surface area (Å²) in [6, 6.07) is 18.8. The van der Waals surface area contributed by atoms with Crippen molar-refractivity contribution < 1.29 is 17.9 Å². The molecule has 1 amide bonds. The lowest BCUT2D eigenvalue weighted by atomic mass is 10.2. The third kappa shape index (κ3) is 6.13. The van der Waals surface area contributed by atoms with Gasteiger partial charge in [-0.15, -0.1) is 0 Å². The van der Waals surface area contributed by atoms with E-state index in [1.54, 1.807) is 48.5 Å². The molecule has 0 atom stereocenters. The summed E-state index contributed by atoms with van der Waals surface area (Å²) in [6.45, 7) is 0.251. The third-order valence-corrected chi connectivity index (χ3v) is 6.30. The van der Waals surface area contributed by atoms with Crippen molar-refractivity contribution in [2.75, 3.05) is 12.3 Å². The highest BCUT2D eigenvalue weighted by Gasteiger charge is 2.14. The van der Waals surface area contributed by atoms with Gasteiger partial charge in [-0.25, -0.2) is 13.4 Å². The number of ether oxygens (including phenoxy) is 1. The van der Waals surface area contributed by atoms with Crippen molar-refractivity contribution in [3.63, 3.8) is 0 Å². The fourth-order valence-electron chi connectivity index (χ4n) is 2.54. The Kier molecular flexibility index (Phi) is 7.00. The molecule has 3 aromatic rings. The maximum atomic E-state index is 12.2. The quantitative estimate of drug-likeness (QED) is 0.493. The molecular weight excluding hydrogens is 456 g/mol. The summed E-state index contributed by atoms with van der Waals surface area (Å²) in [7, 11) is -3.34. The first-order valence-electron chi connectivity index (χ1n) is 8.89. The highest BCUT2D eigenvalue weighted by atomic mass is 79.9. The molecule has 0 fully saturated rings. The van der Waals surface area contributed by atoms with Crippen molar-refractivity contribution in [2.24, 2.45) is 0 Å². The fraction of sp³-hybridized carbons (Fsp3) is 0.143. The van der Waals surface area contributed by atoms with E-state index >= 15 is 0 Å². The van der Waals surface area contributed by atoms with Crippen LogP contribution in [0.1, 0.15) is 16.8 Å². The number of nitrogens with zero attached hydrogens (tertiary/aromatic N) is 1. The molecule has 0 unspecified atom stereocenters. The van der Waals surface area contributed by atoms with Crippen LogP contribution in [0.4, 0.5) is 0 Å². The summed E-state index contributed by atoms with van der Waals surface area (Å²) in [5.41, 5.74) is 0.373. The number of aromatic nitrogens is 1. The van der Waals surface area contributed by atoms with Crippen molar-refractivity contribution in [2.45, 2.75) is 11.3 Å². The standard InChI is InChI=1S/C21H19BrN2O4S/c22-17-6-4-7-18(14-17)28-20-11-10-16(15-24-20)21(25)23-12-5-13-29(26,27)19-8-2-1-3-9-19/h1-4,6-11,14-15H,5,12-13H2,(H,23,25). The Hall–Kier alpha value is -2.71. The lowest BCUT2D eigenvalue weighted by molar-refractivity contribution is 0.0953. The molecule has 0 aliphatic heterocycles. The molecule has 0 saturated carbocycles. The summed E-state index contributed by atoms with van der Waals surface area (Å²) in [5.74, 6) is 0.649. The van der Waals surface area contributed by atoms with Crippen LogP contribution in [-0.2, 0) is 9.84 Å². The molecule has 0 radical (unpaired) electrons. The van der Waals surface area contributed by atoms with E-state index in [-0.39, 0.29) is 23.1 Å². The highest BCUT2D eigenvalue weighted by Crippen LogP contribution is 2.23. The second-order valence-electron chi connectivity index (χ2n) is 6.19. The molecule has 3 rings (SSSR count). The molecule has 2 aromatic carbocycles. The van der Waals surface area contributed by atoms with Crippen LogP contribution in [0.5, 0.6) is 11.6 Å². The second-order valence-corrected chi connectivity index (χ2v) is 9.21. The average Bonchev–Trinajstić information content (AvgIpc) is 2.72. The van der Waals surface area contributed by atoms with Gasteiger partial charge in [0.05, 0.1) is 16.2 Å². The molecule has 8 heteroatoms. The number of carbonyl (C=O) groups is 1. The average molecular weight is 475 g/mol. The molecule has 0 aliphatic rings. The number of halogens is 1. The van der Waals surface area contributed by atoms with Gasteiger partial charge in [0.1, 0.15) is 5.75 Å². The largest absolute Gasteiger partial charge is 0.439 e. The smallest absolute Gasteiger partial charge is 0.252 e. The summed E-state index contributed by atoms with van der Waals surface area (Å²) in [5, 5.41) is 2.71. The number of hydrogen-bond donors (Lipinski definition) is 1. The van der Waals surface area contributed by atoms with Crippen LogP contribution in [-0.4, -0.2) is 31.6 Å². The first-order valence-corrected chi connectivity index (χ1v) is 11.3. The predicted octanol–water partition coefficient (Wildman–Crippen LogP) is 4.23. The molecule has 0 spiro atoms.